The molecule has 0 spiro atoms. The van der Waals surface area contributed by atoms with Gasteiger partial charge in [-0.1, -0.05) is 54.8 Å². The van der Waals surface area contributed by atoms with Crippen LogP contribution < -0.4 is 0 Å². The standard InChI is InChI=1S/C23H22ClN3O2/c24-21-10-9-14(12-25-21)11-18-16-6-2-1-5-15(16)17-13-27(23(29)22(17)26-18)19-7-3-4-8-20(19)28/h1-2,5-6,9-10,12,19-20,28H,3-4,7-8,11,13H2/t19-,20-/m1/s1. The highest BCUT2D eigenvalue weighted by Crippen LogP contribution is 2.35. The zero-order valence-electron chi connectivity index (χ0n) is 16.0. The average Bonchev–Trinajstić information content (AvgIpc) is 3.07. The number of amides is 1. The first-order valence-electron chi connectivity index (χ1n) is 10.1. The SMILES string of the molecule is O=C1c2nc(Cc3ccc(Cl)nc3)c3ccccc3c2CN1[C@@H]1CCCC[C@H]1O. The van der Waals surface area contributed by atoms with Crippen molar-refractivity contribution in [3.05, 3.63) is 70.3 Å². The van der Waals surface area contributed by atoms with Crippen molar-refractivity contribution in [2.45, 2.75) is 50.8 Å². The summed E-state index contributed by atoms with van der Waals surface area (Å²) in [6, 6.07) is 11.7. The second kappa shape index (κ2) is 7.39. The lowest BCUT2D eigenvalue weighted by Crippen LogP contribution is -2.45. The molecule has 148 valence electrons. The van der Waals surface area contributed by atoms with Crippen molar-refractivity contribution in [3.8, 4) is 0 Å². The second-order valence-electron chi connectivity index (χ2n) is 7.95. The van der Waals surface area contributed by atoms with Gasteiger partial charge in [0, 0.05) is 30.1 Å². The van der Waals surface area contributed by atoms with Crippen LogP contribution in [0.5, 0.6) is 0 Å². The van der Waals surface area contributed by atoms with Crippen LogP contribution in [0.3, 0.4) is 0 Å². The largest absolute Gasteiger partial charge is 0.391 e. The smallest absolute Gasteiger partial charge is 0.273 e. The molecule has 1 saturated carbocycles. The number of benzene rings is 1. The van der Waals surface area contributed by atoms with Crippen molar-refractivity contribution in [2.24, 2.45) is 0 Å². The first kappa shape index (κ1) is 18.5. The monoisotopic (exact) mass is 407 g/mol. The van der Waals surface area contributed by atoms with E-state index in [0.29, 0.717) is 23.8 Å². The lowest BCUT2D eigenvalue weighted by molar-refractivity contribution is 0.0190. The van der Waals surface area contributed by atoms with Crippen LogP contribution in [-0.4, -0.2) is 38.0 Å². The molecule has 2 aliphatic rings. The van der Waals surface area contributed by atoms with Crippen LogP contribution in [0.2, 0.25) is 5.15 Å². The summed E-state index contributed by atoms with van der Waals surface area (Å²) in [6.45, 7) is 0.520. The van der Waals surface area contributed by atoms with Gasteiger partial charge in [0.25, 0.3) is 5.91 Å². The highest BCUT2D eigenvalue weighted by molar-refractivity contribution is 6.29. The van der Waals surface area contributed by atoms with Gasteiger partial charge in [-0.2, -0.15) is 0 Å². The number of fused-ring (bicyclic) bond motifs is 3. The summed E-state index contributed by atoms with van der Waals surface area (Å²) >= 11 is 5.91. The molecular weight excluding hydrogens is 386 g/mol. The Morgan fingerprint density at radius 3 is 2.66 bits per heavy atom. The van der Waals surface area contributed by atoms with Gasteiger partial charge in [-0.15, -0.1) is 0 Å². The highest BCUT2D eigenvalue weighted by atomic mass is 35.5. The van der Waals surface area contributed by atoms with Gasteiger partial charge in [-0.05, 0) is 29.9 Å². The molecule has 3 aromatic rings. The molecule has 0 radical (unpaired) electrons. The third-order valence-electron chi connectivity index (χ3n) is 6.14. The Kier molecular flexibility index (Phi) is 4.72. The van der Waals surface area contributed by atoms with Crippen LogP contribution in [0.15, 0.2) is 42.6 Å². The summed E-state index contributed by atoms with van der Waals surface area (Å²) in [7, 11) is 0. The van der Waals surface area contributed by atoms with E-state index in [1.807, 2.05) is 23.1 Å². The van der Waals surface area contributed by atoms with Gasteiger partial charge >= 0.3 is 0 Å². The number of nitrogens with zero attached hydrogens (tertiary/aromatic N) is 3. The zero-order chi connectivity index (χ0) is 20.0. The number of aromatic nitrogens is 2. The minimum Gasteiger partial charge on any atom is -0.391 e. The van der Waals surface area contributed by atoms with E-state index in [1.54, 1.807) is 12.3 Å². The lowest BCUT2D eigenvalue weighted by atomic mass is 9.91. The minimum absolute atomic E-state index is 0.0628. The van der Waals surface area contributed by atoms with Gasteiger partial charge in [0.2, 0.25) is 0 Å². The minimum atomic E-state index is -0.451. The molecule has 1 aliphatic heterocycles. The predicted octanol–water partition coefficient (Wildman–Crippen LogP) is 4.13. The lowest BCUT2D eigenvalue weighted by Gasteiger charge is -2.34. The number of aliphatic hydroxyl groups excluding tert-OH is 1. The van der Waals surface area contributed by atoms with Crippen LogP contribution in [0, 0.1) is 0 Å². The molecular formula is C23H22ClN3O2. The van der Waals surface area contributed by atoms with Gasteiger partial charge in [0.15, 0.2) is 0 Å². The van der Waals surface area contributed by atoms with Crippen molar-refractivity contribution in [2.75, 3.05) is 0 Å². The topological polar surface area (TPSA) is 66.3 Å². The maximum absolute atomic E-state index is 13.3. The van der Waals surface area contributed by atoms with Crippen molar-refractivity contribution < 1.29 is 9.90 Å². The molecule has 1 amide bonds. The van der Waals surface area contributed by atoms with Crippen molar-refractivity contribution in [1.82, 2.24) is 14.9 Å². The molecule has 2 aromatic heterocycles. The fraction of sp³-hybridized carbons (Fsp3) is 0.348. The normalized spacial score (nSPS) is 21.6. The van der Waals surface area contributed by atoms with Gasteiger partial charge in [-0.25, -0.2) is 9.97 Å². The predicted molar refractivity (Wildman–Crippen MR) is 112 cm³/mol. The van der Waals surface area contributed by atoms with Crippen LogP contribution in [0.4, 0.5) is 0 Å². The third kappa shape index (κ3) is 3.28. The molecule has 3 heterocycles. The maximum Gasteiger partial charge on any atom is 0.273 e. The van der Waals surface area contributed by atoms with E-state index in [2.05, 4.69) is 17.1 Å². The van der Waals surface area contributed by atoms with E-state index in [9.17, 15) is 9.90 Å². The second-order valence-corrected chi connectivity index (χ2v) is 8.34. The maximum atomic E-state index is 13.3. The molecule has 5 nitrogen and oxygen atoms in total. The Labute approximate surface area is 174 Å². The quantitative estimate of drug-likeness (QED) is 0.663. The summed E-state index contributed by atoms with van der Waals surface area (Å²) in [4.78, 5) is 24.1. The van der Waals surface area contributed by atoms with E-state index in [0.717, 1.165) is 53.3 Å². The van der Waals surface area contributed by atoms with Crippen molar-refractivity contribution >= 4 is 28.3 Å². The van der Waals surface area contributed by atoms with Gasteiger partial charge in [0.05, 0.1) is 17.8 Å². The molecule has 0 saturated heterocycles. The number of carbonyl (C=O) groups is 1. The highest BCUT2D eigenvalue weighted by Gasteiger charge is 2.39. The average molecular weight is 408 g/mol. The van der Waals surface area contributed by atoms with Gasteiger partial charge in [0.1, 0.15) is 10.8 Å². The van der Waals surface area contributed by atoms with E-state index < -0.39 is 6.10 Å². The van der Waals surface area contributed by atoms with Crippen LogP contribution in [-0.2, 0) is 13.0 Å². The van der Waals surface area contributed by atoms with E-state index in [1.165, 1.54) is 0 Å². The Morgan fingerprint density at radius 1 is 1.10 bits per heavy atom. The molecule has 1 aromatic carbocycles. The summed E-state index contributed by atoms with van der Waals surface area (Å²) in [5.74, 6) is -0.0628. The fourth-order valence-electron chi connectivity index (χ4n) is 4.67. The Balaban J connectivity index is 1.56. The summed E-state index contributed by atoms with van der Waals surface area (Å²) in [6.07, 6.45) is 5.55. The third-order valence-corrected chi connectivity index (χ3v) is 6.37. The van der Waals surface area contributed by atoms with E-state index >= 15 is 0 Å². The van der Waals surface area contributed by atoms with Gasteiger partial charge < -0.3 is 10.0 Å². The number of rotatable bonds is 3. The fourth-order valence-corrected chi connectivity index (χ4v) is 4.78. The first-order chi connectivity index (χ1) is 14.1. The summed E-state index contributed by atoms with van der Waals surface area (Å²) < 4.78 is 0. The van der Waals surface area contributed by atoms with Crippen LogP contribution in [0.1, 0.15) is 53.0 Å². The number of halogens is 1. The Hall–Kier alpha value is -2.50. The molecule has 1 aliphatic carbocycles. The molecule has 5 rings (SSSR count). The number of carbonyl (C=O) groups excluding carboxylic acids is 1. The molecule has 1 fully saturated rings. The zero-order valence-corrected chi connectivity index (χ0v) is 16.8. The number of aliphatic hydroxyl groups is 1. The molecule has 6 heteroatoms. The molecule has 29 heavy (non-hydrogen) atoms. The Bertz CT molecular complexity index is 1080. The number of hydrogen-bond acceptors (Lipinski definition) is 4. The Morgan fingerprint density at radius 2 is 1.90 bits per heavy atom. The van der Waals surface area contributed by atoms with E-state index in [-0.39, 0.29) is 11.9 Å². The van der Waals surface area contributed by atoms with Crippen LogP contribution in [0.25, 0.3) is 10.8 Å². The van der Waals surface area contributed by atoms with Gasteiger partial charge in [-0.3, -0.25) is 4.79 Å². The van der Waals surface area contributed by atoms with Crippen molar-refractivity contribution in [3.63, 3.8) is 0 Å². The molecule has 0 bridgehead atoms. The molecule has 2 atom stereocenters. The number of hydrogen-bond donors (Lipinski definition) is 1. The van der Waals surface area contributed by atoms with Crippen LogP contribution >= 0.6 is 11.6 Å². The first-order valence-corrected chi connectivity index (χ1v) is 10.5. The molecule has 1 N–H and O–H groups in total. The number of pyridine rings is 2. The molecule has 0 unspecified atom stereocenters. The summed E-state index contributed by atoms with van der Waals surface area (Å²) in [5.41, 5.74) is 3.36. The van der Waals surface area contributed by atoms with E-state index in [4.69, 9.17) is 16.6 Å². The van der Waals surface area contributed by atoms with Crippen molar-refractivity contribution in [1.29, 1.82) is 0 Å². The summed E-state index contributed by atoms with van der Waals surface area (Å²) in [5, 5.41) is 13.1.